The second-order valence-corrected chi connectivity index (χ2v) is 10.9. The van der Waals surface area contributed by atoms with E-state index in [2.05, 4.69) is 25.8 Å². The Kier molecular flexibility index (Phi) is 7.03. The van der Waals surface area contributed by atoms with Crippen molar-refractivity contribution in [3.8, 4) is 17.1 Å². The Morgan fingerprint density at radius 2 is 1.62 bits per heavy atom. The second kappa shape index (κ2) is 9.91. The fourth-order valence-electron chi connectivity index (χ4n) is 3.95. The number of amides is 1. The van der Waals surface area contributed by atoms with Gasteiger partial charge in [-0.3, -0.25) is 0 Å². The van der Waals surface area contributed by atoms with Crippen molar-refractivity contribution < 1.29 is 18.3 Å². The summed E-state index contributed by atoms with van der Waals surface area (Å²) < 4.78 is 37.3. The van der Waals surface area contributed by atoms with Crippen LogP contribution in [0.15, 0.2) is 30.5 Å². The number of tetrazole rings is 1. The van der Waals surface area contributed by atoms with Gasteiger partial charge < -0.3 is 19.9 Å². The third kappa shape index (κ3) is 5.95. The molecule has 1 amide bonds. The molecular formula is C25H32F2N8O2. The van der Waals surface area contributed by atoms with Gasteiger partial charge in [-0.25, -0.2) is 18.6 Å². The Morgan fingerprint density at radius 1 is 0.973 bits per heavy atom. The van der Waals surface area contributed by atoms with Crippen LogP contribution in [0, 0.1) is 11.6 Å². The van der Waals surface area contributed by atoms with Crippen LogP contribution in [0.3, 0.4) is 0 Å². The van der Waals surface area contributed by atoms with E-state index < -0.39 is 23.3 Å². The van der Waals surface area contributed by atoms with E-state index in [9.17, 15) is 4.79 Å². The summed E-state index contributed by atoms with van der Waals surface area (Å²) >= 11 is 0. The van der Waals surface area contributed by atoms with Crippen LogP contribution in [0.4, 0.5) is 25.1 Å². The largest absolute Gasteiger partial charge is 0.444 e. The van der Waals surface area contributed by atoms with E-state index in [0.29, 0.717) is 37.6 Å². The Morgan fingerprint density at radius 3 is 2.27 bits per heavy atom. The van der Waals surface area contributed by atoms with Crippen molar-refractivity contribution in [1.29, 1.82) is 0 Å². The fourth-order valence-corrected chi connectivity index (χ4v) is 3.95. The Bertz CT molecular complexity index is 1270. The number of anilines is 2. The Labute approximate surface area is 214 Å². The molecule has 37 heavy (non-hydrogen) atoms. The van der Waals surface area contributed by atoms with E-state index in [-0.39, 0.29) is 22.7 Å². The minimum Gasteiger partial charge on any atom is -0.444 e. The molecule has 1 saturated heterocycles. The molecule has 1 aliphatic rings. The van der Waals surface area contributed by atoms with Crippen molar-refractivity contribution in [2.24, 2.45) is 0 Å². The van der Waals surface area contributed by atoms with E-state index in [0.717, 1.165) is 4.68 Å². The maximum atomic E-state index is 15.4. The van der Waals surface area contributed by atoms with Gasteiger partial charge >= 0.3 is 6.09 Å². The van der Waals surface area contributed by atoms with E-state index in [1.54, 1.807) is 48.9 Å². The molecule has 0 bridgehead atoms. The number of aromatic nitrogens is 5. The van der Waals surface area contributed by atoms with Gasteiger partial charge in [-0.1, -0.05) is 0 Å². The zero-order chi connectivity index (χ0) is 27.0. The van der Waals surface area contributed by atoms with E-state index in [1.165, 1.54) is 12.1 Å². The van der Waals surface area contributed by atoms with E-state index in [1.807, 2.05) is 20.8 Å². The summed E-state index contributed by atoms with van der Waals surface area (Å²) in [6.45, 7) is 12.7. The van der Waals surface area contributed by atoms with Crippen LogP contribution in [0.5, 0.6) is 0 Å². The lowest BCUT2D eigenvalue weighted by atomic mass is 10.1. The van der Waals surface area contributed by atoms with Crippen molar-refractivity contribution in [2.75, 3.05) is 36.4 Å². The number of hydrogen-bond donors (Lipinski definition) is 1. The first-order valence-electron chi connectivity index (χ1n) is 12.1. The molecule has 10 nitrogen and oxygen atoms in total. The maximum absolute atomic E-state index is 15.4. The molecule has 12 heteroatoms. The maximum Gasteiger partial charge on any atom is 0.410 e. The van der Waals surface area contributed by atoms with Crippen LogP contribution < -0.4 is 10.2 Å². The Balaban J connectivity index is 1.58. The monoisotopic (exact) mass is 514 g/mol. The first-order valence-corrected chi connectivity index (χ1v) is 12.1. The number of pyridine rings is 1. The number of nitrogens with zero attached hydrogens (tertiary/aromatic N) is 7. The molecule has 2 aromatic heterocycles. The molecule has 3 heterocycles. The van der Waals surface area contributed by atoms with Gasteiger partial charge in [-0.05, 0) is 76.2 Å². The minimum atomic E-state index is -1.07. The number of rotatable bonds is 4. The summed E-state index contributed by atoms with van der Waals surface area (Å²) in [4.78, 5) is 20.0. The van der Waals surface area contributed by atoms with E-state index in [4.69, 9.17) is 4.74 Å². The third-order valence-electron chi connectivity index (χ3n) is 5.55. The number of piperazine rings is 1. The van der Waals surface area contributed by atoms with Gasteiger partial charge in [0.2, 0.25) is 0 Å². The lowest BCUT2D eigenvalue weighted by molar-refractivity contribution is 0.0240. The molecule has 0 atom stereocenters. The number of nitrogens with one attached hydrogen (secondary N) is 1. The van der Waals surface area contributed by atoms with Crippen LogP contribution in [-0.4, -0.2) is 73.5 Å². The SMILES string of the molecule is CC(C)(C)Nc1ncccc1-c1nnnn1-c1ccc(N2CCN(C(=O)OC(C)(C)C)CC2)c(F)c1F. The molecule has 4 rings (SSSR count). The van der Waals surface area contributed by atoms with Crippen molar-refractivity contribution in [1.82, 2.24) is 30.1 Å². The normalized spacial score (nSPS) is 14.6. The first-order chi connectivity index (χ1) is 17.3. The Hall–Kier alpha value is -3.83. The van der Waals surface area contributed by atoms with Gasteiger partial charge in [0, 0.05) is 37.9 Å². The lowest BCUT2D eigenvalue weighted by Gasteiger charge is -2.36. The zero-order valence-electron chi connectivity index (χ0n) is 21.9. The molecular weight excluding hydrogens is 482 g/mol. The zero-order valence-corrected chi connectivity index (χ0v) is 21.9. The predicted octanol–water partition coefficient (Wildman–Crippen LogP) is 4.27. The van der Waals surface area contributed by atoms with Crippen LogP contribution in [0.2, 0.25) is 0 Å². The number of carbonyl (C=O) groups excluding carboxylic acids is 1. The van der Waals surface area contributed by atoms with Gasteiger partial charge in [0.05, 0.1) is 11.3 Å². The highest BCUT2D eigenvalue weighted by Crippen LogP contribution is 2.31. The van der Waals surface area contributed by atoms with Gasteiger partial charge in [0.15, 0.2) is 17.5 Å². The molecule has 0 aliphatic carbocycles. The summed E-state index contributed by atoms with van der Waals surface area (Å²) in [5.41, 5.74) is -0.373. The molecule has 1 aliphatic heterocycles. The summed E-state index contributed by atoms with van der Waals surface area (Å²) in [6.07, 6.45) is 1.21. The highest BCUT2D eigenvalue weighted by atomic mass is 19.2. The summed E-state index contributed by atoms with van der Waals surface area (Å²) in [7, 11) is 0. The average Bonchev–Trinajstić information content (AvgIpc) is 3.28. The number of carbonyl (C=O) groups is 1. The molecule has 0 unspecified atom stereocenters. The van der Waals surface area contributed by atoms with Crippen molar-refractivity contribution >= 4 is 17.6 Å². The smallest absolute Gasteiger partial charge is 0.410 e. The molecule has 1 aromatic carbocycles. The second-order valence-electron chi connectivity index (χ2n) is 10.9. The summed E-state index contributed by atoms with van der Waals surface area (Å²) in [6, 6.07) is 6.43. The standard InChI is InChI=1S/C25H32F2N8O2/c1-24(2,3)29-21-16(8-7-11-28-21)22-30-31-32-35(22)18-10-9-17(19(26)20(18)27)33-12-14-34(15-13-33)23(36)37-25(4,5)6/h7-11H,12-15H2,1-6H3,(H,28,29). The molecule has 1 fully saturated rings. The van der Waals surface area contributed by atoms with Crippen molar-refractivity contribution in [3.63, 3.8) is 0 Å². The first kappa shape index (κ1) is 26.2. The molecule has 3 aromatic rings. The van der Waals surface area contributed by atoms with Crippen LogP contribution >= 0.6 is 0 Å². The lowest BCUT2D eigenvalue weighted by Crippen LogP contribution is -2.50. The summed E-state index contributed by atoms with van der Waals surface area (Å²) in [5.74, 6) is -1.35. The fraction of sp³-hybridized carbons (Fsp3) is 0.480. The van der Waals surface area contributed by atoms with Gasteiger partial charge in [0.1, 0.15) is 17.1 Å². The predicted molar refractivity (Wildman–Crippen MR) is 136 cm³/mol. The highest BCUT2D eigenvalue weighted by Gasteiger charge is 2.29. The molecule has 198 valence electrons. The van der Waals surface area contributed by atoms with Crippen LogP contribution in [-0.2, 0) is 4.74 Å². The van der Waals surface area contributed by atoms with Crippen LogP contribution in [0.25, 0.3) is 17.1 Å². The van der Waals surface area contributed by atoms with Gasteiger partial charge in [0.25, 0.3) is 0 Å². The number of benzene rings is 1. The van der Waals surface area contributed by atoms with Crippen molar-refractivity contribution in [2.45, 2.75) is 52.7 Å². The van der Waals surface area contributed by atoms with Crippen molar-refractivity contribution in [3.05, 3.63) is 42.1 Å². The average molecular weight is 515 g/mol. The number of ether oxygens (including phenoxy) is 1. The minimum absolute atomic E-state index is 0.108. The molecule has 0 saturated carbocycles. The quantitative estimate of drug-likeness (QED) is 0.551. The van der Waals surface area contributed by atoms with Gasteiger partial charge in [-0.2, -0.15) is 4.68 Å². The third-order valence-corrected chi connectivity index (χ3v) is 5.55. The van der Waals surface area contributed by atoms with Crippen LogP contribution in [0.1, 0.15) is 41.5 Å². The molecule has 0 radical (unpaired) electrons. The topological polar surface area (TPSA) is 101 Å². The molecule has 0 spiro atoms. The van der Waals surface area contributed by atoms with E-state index >= 15 is 8.78 Å². The number of hydrogen-bond acceptors (Lipinski definition) is 8. The molecule has 1 N–H and O–H groups in total. The summed E-state index contributed by atoms with van der Waals surface area (Å²) in [5, 5.41) is 15.0. The van der Waals surface area contributed by atoms with Gasteiger partial charge in [-0.15, -0.1) is 5.10 Å². The number of halogens is 2. The highest BCUT2D eigenvalue weighted by molar-refractivity contribution is 5.72.